The average molecular weight is 920 g/mol. The van der Waals surface area contributed by atoms with Gasteiger partial charge in [0.25, 0.3) is 0 Å². The Balaban J connectivity index is 3.92. The second kappa shape index (κ2) is 52.2. The summed E-state index contributed by atoms with van der Waals surface area (Å²) in [6.45, 7) is 4.89. The number of carbonyl (C=O) groups excluding carboxylic acids is 1. The van der Waals surface area contributed by atoms with E-state index in [9.17, 15) is 14.3 Å². The number of phosphoric ester groups is 1. The van der Waals surface area contributed by atoms with Crippen LogP contribution in [0.15, 0.2) is 60.8 Å². The normalized spacial score (nSPS) is 13.8. The lowest BCUT2D eigenvalue weighted by molar-refractivity contribution is -0.154. The summed E-state index contributed by atoms with van der Waals surface area (Å²) in [6, 6.07) is 0. The fourth-order valence-corrected chi connectivity index (χ4v) is 8.21. The van der Waals surface area contributed by atoms with E-state index >= 15 is 0 Å². The molecule has 64 heavy (non-hydrogen) atoms. The van der Waals surface area contributed by atoms with Crippen LogP contribution in [0.25, 0.3) is 0 Å². The van der Waals surface area contributed by atoms with Gasteiger partial charge in [0.2, 0.25) is 0 Å². The van der Waals surface area contributed by atoms with Crippen molar-refractivity contribution in [2.45, 2.75) is 251 Å². The van der Waals surface area contributed by atoms with Crippen molar-refractivity contribution < 1.29 is 32.8 Å². The molecule has 0 aromatic carbocycles. The quantitative estimate of drug-likeness (QED) is 0.0268. The monoisotopic (exact) mass is 920 g/mol. The first-order chi connectivity index (χ1) is 31.4. The van der Waals surface area contributed by atoms with Crippen LogP contribution in [0, 0.1) is 0 Å². The molecule has 374 valence electrons. The van der Waals surface area contributed by atoms with Crippen LogP contribution >= 0.6 is 7.82 Å². The van der Waals surface area contributed by atoms with Gasteiger partial charge in [-0.2, -0.15) is 0 Å². The van der Waals surface area contributed by atoms with E-state index in [2.05, 4.69) is 74.6 Å². The number of carbonyl (C=O) groups is 1. The van der Waals surface area contributed by atoms with Crippen LogP contribution in [-0.2, 0) is 27.9 Å². The molecule has 9 heteroatoms. The third-order valence-corrected chi connectivity index (χ3v) is 12.4. The minimum atomic E-state index is -4.29. The van der Waals surface area contributed by atoms with Gasteiger partial charge in [-0.25, -0.2) is 4.57 Å². The number of ether oxygens (including phenoxy) is 2. The summed E-state index contributed by atoms with van der Waals surface area (Å²) in [5.41, 5.74) is 5.39. The Morgan fingerprint density at radius 3 is 1.27 bits per heavy atom. The Labute approximate surface area is 395 Å². The molecule has 0 radical (unpaired) electrons. The van der Waals surface area contributed by atoms with E-state index in [1.165, 1.54) is 161 Å². The lowest BCUT2D eigenvalue weighted by atomic mass is 10.0. The highest BCUT2D eigenvalue weighted by molar-refractivity contribution is 7.47. The molecular formula is C55H102NO7P. The van der Waals surface area contributed by atoms with E-state index in [1.807, 2.05) is 0 Å². The summed E-state index contributed by atoms with van der Waals surface area (Å²) in [4.78, 5) is 22.6. The Kier molecular flexibility index (Phi) is 50.7. The molecule has 0 aromatic rings. The Hall–Kier alpha value is -1.80. The van der Waals surface area contributed by atoms with Crippen molar-refractivity contribution in [3.8, 4) is 0 Å². The summed E-state index contributed by atoms with van der Waals surface area (Å²) in [6.07, 6.45) is 65.4. The van der Waals surface area contributed by atoms with Gasteiger partial charge in [0.15, 0.2) is 0 Å². The van der Waals surface area contributed by atoms with Crippen molar-refractivity contribution in [1.82, 2.24) is 0 Å². The molecule has 0 spiro atoms. The Morgan fingerprint density at radius 1 is 0.469 bits per heavy atom. The number of hydrogen-bond acceptors (Lipinski definition) is 7. The molecule has 0 fully saturated rings. The molecule has 0 heterocycles. The fraction of sp³-hybridized carbons (Fsp3) is 0.800. The second-order valence-corrected chi connectivity index (χ2v) is 19.2. The van der Waals surface area contributed by atoms with Crippen molar-refractivity contribution in [2.24, 2.45) is 5.73 Å². The molecule has 8 nitrogen and oxygen atoms in total. The molecular weight excluding hydrogens is 818 g/mol. The second-order valence-electron chi connectivity index (χ2n) is 17.7. The first-order valence-electron chi connectivity index (χ1n) is 26.8. The number of esters is 1. The lowest BCUT2D eigenvalue weighted by Crippen LogP contribution is -2.28. The van der Waals surface area contributed by atoms with Gasteiger partial charge in [-0.15, -0.1) is 0 Å². The zero-order valence-electron chi connectivity index (χ0n) is 41.8. The van der Waals surface area contributed by atoms with Crippen molar-refractivity contribution in [3.05, 3.63) is 60.8 Å². The summed E-state index contributed by atoms with van der Waals surface area (Å²) < 4.78 is 33.6. The molecule has 0 saturated heterocycles. The summed E-state index contributed by atoms with van der Waals surface area (Å²) in [5.74, 6) is -0.341. The van der Waals surface area contributed by atoms with Crippen LogP contribution in [0.5, 0.6) is 0 Å². The van der Waals surface area contributed by atoms with Gasteiger partial charge >= 0.3 is 13.8 Å². The highest BCUT2D eigenvalue weighted by Crippen LogP contribution is 2.43. The van der Waals surface area contributed by atoms with Crippen LogP contribution in [0.2, 0.25) is 0 Å². The van der Waals surface area contributed by atoms with Crippen molar-refractivity contribution in [2.75, 3.05) is 33.0 Å². The van der Waals surface area contributed by atoms with Gasteiger partial charge in [-0.1, -0.05) is 216 Å². The van der Waals surface area contributed by atoms with Gasteiger partial charge in [0.05, 0.1) is 19.8 Å². The smallest absolute Gasteiger partial charge is 0.457 e. The van der Waals surface area contributed by atoms with Gasteiger partial charge in [0, 0.05) is 19.6 Å². The number of unbranched alkanes of at least 4 members (excludes halogenated alkanes) is 28. The number of nitrogens with two attached hydrogens (primary N) is 1. The van der Waals surface area contributed by atoms with Crippen molar-refractivity contribution in [3.63, 3.8) is 0 Å². The minimum Gasteiger partial charge on any atom is -0.457 e. The molecule has 2 unspecified atom stereocenters. The predicted octanol–water partition coefficient (Wildman–Crippen LogP) is 16.9. The van der Waals surface area contributed by atoms with Gasteiger partial charge < -0.3 is 20.1 Å². The molecule has 0 amide bonds. The number of hydrogen-bond donors (Lipinski definition) is 2. The first-order valence-corrected chi connectivity index (χ1v) is 28.3. The van der Waals surface area contributed by atoms with Crippen LogP contribution < -0.4 is 5.73 Å². The summed E-state index contributed by atoms with van der Waals surface area (Å²) >= 11 is 0. The average Bonchev–Trinajstić information content (AvgIpc) is 3.29. The molecule has 3 N–H and O–H groups in total. The van der Waals surface area contributed by atoms with Crippen LogP contribution in [0.3, 0.4) is 0 Å². The van der Waals surface area contributed by atoms with Crippen LogP contribution in [0.1, 0.15) is 245 Å². The third kappa shape index (κ3) is 51.2. The first kappa shape index (κ1) is 62.2. The van der Waals surface area contributed by atoms with Crippen LogP contribution in [0.4, 0.5) is 0 Å². The lowest BCUT2D eigenvalue weighted by Gasteiger charge is -2.20. The maximum atomic E-state index is 12.7. The fourth-order valence-electron chi connectivity index (χ4n) is 7.45. The molecule has 0 aliphatic rings. The van der Waals surface area contributed by atoms with Gasteiger partial charge in [0.1, 0.15) is 6.10 Å². The zero-order chi connectivity index (χ0) is 46.5. The summed E-state index contributed by atoms with van der Waals surface area (Å²) in [5, 5.41) is 0. The number of phosphoric acid groups is 1. The van der Waals surface area contributed by atoms with E-state index in [1.54, 1.807) is 0 Å². The van der Waals surface area contributed by atoms with E-state index in [4.69, 9.17) is 24.3 Å². The standard InChI is InChI=1S/C55H102NO7P/c1-3-5-7-9-11-13-15-17-19-21-23-24-25-26-27-28-29-31-33-35-37-39-41-43-45-47-50-60-52-54(53-62-64(58,59)61-51-49-56)63-55(57)48-46-44-42-40-38-36-34-32-30-22-20-18-16-14-12-10-8-6-4-2/h12,14-15,17-18,20-21,23,30,32,54H,3-11,13,16,19,22,24-29,31,33-53,56H2,1-2H3,(H,58,59)/b14-12-,17-15-,20-18-,23-21-,32-30-. The maximum Gasteiger partial charge on any atom is 0.472 e. The Bertz CT molecular complexity index is 1170. The SMILES string of the molecule is CCCCC/C=C\C/C=C\C/C=C\CCCCCCCCC(=O)OC(COCCCCCCCCCCCCCCCC/C=C\C/C=C\CCCCCCC)COP(=O)(O)OCCN. The molecule has 0 aliphatic heterocycles. The van der Waals surface area contributed by atoms with E-state index in [-0.39, 0.29) is 32.3 Å². The molecule has 0 saturated carbocycles. The van der Waals surface area contributed by atoms with E-state index < -0.39 is 13.9 Å². The van der Waals surface area contributed by atoms with Crippen molar-refractivity contribution in [1.29, 1.82) is 0 Å². The van der Waals surface area contributed by atoms with E-state index in [0.717, 1.165) is 64.2 Å². The molecule has 0 bridgehead atoms. The topological polar surface area (TPSA) is 117 Å². The molecule has 0 aliphatic carbocycles. The molecule has 2 atom stereocenters. The Morgan fingerprint density at radius 2 is 0.828 bits per heavy atom. The maximum absolute atomic E-state index is 12.7. The largest absolute Gasteiger partial charge is 0.472 e. The predicted molar refractivity (Wildman–Crippen MR) is 275 cm³/mol. The van der Waals surface area contributed by atoms with Gasteiger partial charge in [-0.3, -0.25) is 13.8 Å². The number of allylic oxidation sites excluding steroid dienone is 10. The highest BCUT2D eigenvalue weighted by Gasteiger charge is 2.25. The molecule has 0 rings (SSSR count). The zero-order valence-corrected chi connectivity index (χ0v) is 42.7. The third-order valence-electron chi connectivity index (χ3n) is 11.4. The van der Waals surface area contributed by atoms with E-state index in [0.29, 0.717) is 13.0 Å². The highest BCUT2D eigenvalue weighted by atomic mass is 31.2. The van der Waals surface area contributed by atoms with Crippen LogP contribution in [-0.4, -0.2) is 49.9 Å². The summed E-state index contributed by atoms with van der Waals surface area (Å²) in [7, 11) is -4.29. The minimum absolute atomic E-state index is 0.0963. The number of rotatable bonds is 51. The van der Waals surface area contributed by atoms with Gasteiger partial charge in [-0.05, 0) is 83.5 Å². The van der Waals surface area contributed by atoms with Crippen molar-refractivity contribution >= 4 is 13.8 Å². The molecule has 0 aromatic heterocycles.